The van der Waals surface area contributed by atoms with E-state index in [1.807, 2.05) is 34.0 Å². The van der Waals surface area contributed by atoms with E-state index < -0.39 is 10.0 Å². The largest absolute Gasteiger partial charge is 0.385 e. The lowest BCUT2D eigenvalue weighted by molar-refractivity contribution is 0.197. The van der Waals surface area contributed by atoms with E-state index in [-0.39, 0.29) is 5.41 Å². The molecule has 0 saturated heterocycles. The normalized spacial score (nSPS) is 13.0. The standard InChI is InChI=1S/C28H41BrO3S4/c1-28(2,3)25-12-10-22(33-25)24-20-21(29)27(35-24)23-11-13-26(34-23)36(17-7-14-30-4,18-8-15-31-5)19-9-16-32-6/h10-13,20H,7-9,14-19H2,1-6H3. The zero-order valence-electron chi connectivity index (χ0n) is 22.5. The van der Waals surface area contributed by atoms with Gasteiger partial charge in [0.15, 0.2) is 0 Å². The minimum atomic E-state index is -0.980. The van der Waals surface area contributed by atoms with Crippen LogP contribution in [0.4, 0.5) is 0 Å². The van der Waals surface area contributed by atoms with Crippen LogP contribution in [0.25, 0.3) is 19.5 Å². The molecule has 0 N–H and O–H groups in total. The summed E-state index contributed by atoms with van der Waals surface area (Å²) in [7, 11) is 4.44. The van der Waals surface area contributed by atoms with Crippen molar-refractivity contribution in [3.8, 4) is 19.5 Å². The Balaban J connectivity index is 1.92. The fourth-order valence-corrected chi connectivity index (χ4v) is 13.6. The Labute approximate surface area is 240 Å². The summed E-state index contributed by atoms with van der Waals surface area (Å²) in [4.78, 5) is 6.82. The lowest BCUT2D eigenvalue weighted by atomic mass is 9.95. The van der Waals surface area contributed by atoms with Crippen molar-refractivity contribution in [3.63, 3.8) is 0 Å². The van der Waals surface area contributed by atoms with Gasteiger partial charge < -0.3 is 14.2 Å². The molecule has 8 heteroatoms. The molecule has 0 bridgehead atoms. The number of thiophene rings is 3. The first-order valence-corrected chi connectivity index (χ1v) is 17.9. The van der Waals surface area contributed by atoms with Crippen molar-refractivity contribution in [1.29, 1.82) is 0 Å². The van der Waals surface area contributed by atoms with Gasteiger partial charge in [-0.2, -0.15) is 0 Å². The Morgan fingerprint density at radius 2 is 1.28 bits per heavy atom. The summed E-state index contributed by atoms with van der Waals surface area (Å²) in [5.41, 5.74) is 0.184. The topological polar surface area (TPSA) is 27.7 Å². The maximum Gasteiger partial charge on any atom is 0.0591 e. The van der Waals surface area contributed by atoms with Crippen molar-refractivity contribution in [2.75, 3.05) is 58.4 Å². The van der Waals surface area contributed by atoms with Crippen LogP contribution >= 0.6 is 60.0 Å². The molecule has 202 valence electrons. The predicted molar refractivity (Wildman–Crippen MR) is 167 cm³/mol. The number of rotatable bonds is 15. The second kappa shape index (κ2) is 14.3. The fourth-order valence-electron chi connectivity index (χ4n) is 4.25. The molecular weight excluding hydrogens is 592 g/mol. The molecule has 3 nitrogen and oxygen atoms in total. The van der Waals surface area contributed by atoms with Crippen LogP contribution in [0.1, 0.15) is 44.9 Å². The molecule has 0 amide bonds. The van der Waals surface area contributed by atoms with Gasteiger partial charge in [-0.25, -0.2) is 10.0 Å². The molecule has 0 radical (unpaired) electrons. The Kier molecular flexibility index (Phi) is 12.0. The molecule has 0 saturated carbocycles. The van der Waals surface area contributed by atoms with Gasteiger partial charge in [0, 0.05) is 69.3 Å². The van der Waals surface area contributed by atoms with Gasteiger partial charge in [0.1, 0.15) is 0 Å². The number of methoxy groups -OCH3 is 3. The highest BCUT2D eigenvalue weighted by molar-refractivity contribution is 9.10. The van der Waals surface area contributed by atoms with Crippen LogP contribution in [-0.4, -0.2) is 58.4 Å². The second-order valence-corrected chi connectivity index (χ2v) is 18.1. The van der Waals surface area contributed by atoms with Gasteiger partial charge in [-0.05, 0) is 88.2 Å². The van der Waals surface area contributed by atoms with E-state index in [0.29, 0.717) is 0 Å². The first-order chi connectivity index (χ1) is 17.2. The zero-order chi connectivity index (χ0) is 26.2. The highest BCUT2D eigenvalue weighted by Crippen LogP contribution is 2.61. The lowest BCUT2D eigenvalue weighted by Gasteiger charge is -2.40. The second-order valence-electron chi connectivity index (χ2n) is 10.0. The van der Waals surface area contributed by atoms with Crippen LogP contribution < -0.4 is 0 Å². The van der Waals surface area contributed by atoms with Crippen molar-refractivity contribution in [1.82, 2.24) is 0 Å². The molecule has 0 atom stereocenters. The summed E-state index contributed by atoms with van der Waals surface area (Å²) in [5.74, 6) is 3.61. The van der Waals surface area contributed by atoms with Gasteiger partial charge in [-0.3, -0.25) is 0 Å². The molecule has 0 aliphatic carbocycles. The van der Waals surface area contributed by atoms with E-state index in [2.05, 4.69) is 67.0 Å². The van der Waals surface area contributed by atoms with Crippen molar-refractivity contribution in [2.45, 2.75) is 49.7 Å². The van der Waals surface area contributed by atoms with Crippen molar-refractivity contribution in [2.24, 2.45) is 0 Å². The van der Waals surface area contributed by atoms with E-state index in [0.717, 1.165) is 39.1 Å². The van der Waals surface area contributed by atoms with Gasteiger partial charge >= 0.3 is 0 Å². The summed E-state index contributed by atoms with van der Waals surface area (Å²) in [6.45, 7) is 9.31. The summed E-state index contributed by atoms with van der Waals surface area (Å²) >= 11 is 9.70. The number of ether oxygens (including phenoxy) is 3. The molecule has 36 heavy (non-hydrogen) atoms. The van der Waals surface area contributed by atoms with Gasteiger partial charge in [0.05, 0.1) is 4.88 Å². The first-order valence-electron chi connectivity index (χ1n) is 12.5. The van der Waals surface area contributed by atoms with Gasteiger partial charge in [-0.1, -0.05) is 20.8 Å². The maximum absolute atomic E-state index is 5.45. The molecule has 0 unspecified atom stereocenters. The molecule has 0 spiro atoms. The van der Waals surface area contributed by atoms with Crippen molar-refractivity contribution in [3.05, 3.63) is 39.7 Å². The molecule has 3 heterocycles. The molecule has 3 aromatic heterocycles. The van der Waals surface area contributed by atoms with Gasteiger partial charge in [-0.15, -0.1) is 34.0 Å². The number of halogens is 1. The van der Waals surface area contributed by atoms with Crippen molar-refractivity contribution >= 4 is 60.0 Å². The average molecular weight is 634 g/mol. The van der Waals surface area contributed by atoms with Crippen LogP contribution in [0.5, 0.6) is 0 Å². The van der Waals surface area contributed by atoms with Crippen LogP contribution in [0.15, 0.2) is 39.0 Å². The Bertz CT molecular complexity index is 1040. The van der Waals surface area contributed by atoms with Gasteiger partial charge in [0.25, 0.3) is 0 Å². The minimum absolute atomic E-state index is 0.184. The van der Waals surface area contributed by atoms with E-state index in [9.17, 15) is 0 Å². The monoisotopic (exact) mass is 632 g/mol. The van der Waals surface area contributed by atoms with Crippen LogP contribution in [0.2, 0.25) is 0 Å². The third-order valence-corrected chi connectivity index (χ3v) is 16.5. The molecule has 0 aliphatic heterocycles. The number of hydrogen-bond acceptors (Lipinski definition) is 6. The average Bonchev–Trinajstić information content (AvgIpc) is 3.58. The van der Waals surface area contributed by atoms with E-state index in [1.54, 1.807) is 25.5 Å². The lowest BCUT2D eigenvalue weighted by Crippen LogP contribution is -2.17. The zero-order valence-corrected chi connectivity index (χ0v) is 27.3. The third kappa shape index (κ3) is 7.92. The quantitative estimate of drug-likeness (QED) is 0.156. The van der Waals surface area contributed by atoms with E-state index in [1.165, 1.54) is 46.1 Å². The Hall–Kier alpha value is -0.190. The maximum atomic E-state index is 5.45. The Morgan fingerprint density at radius 1 is 0.722 bits per heavy atom. The predicted octanol–water partition coefficient (Wildman–Crippen LogP) is 9.54. The highest BCUT2D eigenvalue weighted by Gasteiger charge is 2.28. The van der Waals surface area contributed by atoms with Crippen LogP contribution in [-0.2, 0) is 19.6 Å². The molecule has 0 aliphatic rings. The highest BCUT2D eigenvalue weighted by atomic mass is 79.9. The third-order valence-electron chi connectivity index (χ3n) is 6.16. The minimum Gasteiger partial charge on any atom is -0.385 e. The number of hydrogen-bond donors (Lipinski definition) is 0. The van der Waals surface area contributed by atoms with E-state index in [4.69, 9.17) is 14.2 Å². The molecule has 3 rings (SSSR count). The summed E-state index contributed by atoms with van der Waals surface area (Å²) < 4.78 is 19.1. The van der Waals surface area contributed by atoms with Crippen LogP contribution in [0, 0.1) is 0 Å². The Morgan fingerprint density at radius 3 is 1.78 bits per heavy atom. The summed E-state index contributed by atoms with van der Waals surface area (Å²) in [6, 6.07) is 11.6. The van der Waals surface area contributed by atoms with E-state index >= 15 is 0 Å². The molecule has 3 aromatic rings. The summed E-state index contributed by atoms with van der Waals surface area (Å²) in [6.07, 6.45) is 3.29. The summed E-state index contributed by atoms with van der Waals surface area (Å²) in [5, 5.41) is 0. The SMILES string of the molecule is COCCCS(CCCOC)(CCCOC)c1ccc(-c2sc(-c3ccc(C(C)(C)C)s3)cc2Br)s1. The molecule has 0 aromatic carbocycles. The fraction of sp³-hybridized carbons (Fsp3) is 0.571. The smallest absolute Gasteiger partial charge is 0.0591 e. The first kappa shape index (κ1) is 30.4. The van der Waals surface area contributed by atoms with Crippen molar-refractivity contribution < 1.29 is 14.2 Å². The van der Waals surface area contributed by atoms with Crippen LogP contribution in [0.3, 0.4) is 0 Å². The van der Waals surface area contributed by atoms with Gasteiger partial charge in [0.2, 0.25) is 0 Å². The molecular formula is C28H41BrO3S4. The molecule has 0 fully saturated rings.